The molecule has 0 aliphatic rings. The number of rotatable bonds is 8. The summed E-state index contributed by atoms with van der Waals surface area (Å²) in [6.07, 6.45) is -9.50. The summed E-state index contributed by atoms with van der Waals surface area (Å²) in [5.41, 5.74) is -2.37. The number of carboxylic acid groups (broad SMARTS) is 2. The number of carbonyl (C=O) groups is 2. The molecule has 0 rings (SSSR count). The van der Waals surface area contributed by atoms with Crippen molar-refractivity contribution in [3.05, 3.63) is 0 Å². The van der Waals surface area contributed by atoms with Crippen molar-refractivity contribution in [1.82, 2.24) is 0 Å². The van der Waals surface area contributed by atoms with Crippen LogP contribution in [0.25, 0.3) is 0 Å². The Kier molecular flexibility index (Phi) is 6.37. The molecule has 10 heteroatoms. The summed E-state index contributed by atoms with van der Waals surface area (Å²) in [7, 11) is 0. The van der Waals surface area contributed by atoms with Crippen molar-refractivity contribution in [3.63, 3.8) is 0 Å². The van der Waals surface area contributed by atoms with Crippen LogP contribution in [0.2, 0.25) is 0 Å². The van der Waals surface area contributed by atoms with Crippen LogP contribution in [0.1, 0.15) is 25.7 Å². The Hall–Kier alpha value is -0.930. The van der Waals surface area contributed by atoms with E-state index < -0.39 is 55.1 Å². The summed E-state index contributed by atoms with van der Waals surface area (Å²) >= 11 is 2.83. The average molecular weight is 371 g/mol. The molecule has 0 amide bonds. The van der Waals surface area contributed by atoms with Crippen molar-refractivity contribution in [2.75, 3.05) is 5.33 Å². The van der Waals surface area contributed by atoms with Crippen LogP contribution in [0.3, 0.4) is 0 Å². The minimum atomic E-state index is -5.74. The predicted molar refractivity (Wildman–Crippen MR) is 61.0 cm³/mol. The molecule has 0 aliphatic heterocycles. The lowest BCUT2D eigenvalue weighted by molar-refractivity contribution is -0.284. The van der Waals surface area contributed by atoms with Crippen molar-refractivity contribution in [2.24, 2.45) is 5.41 Å². The Bertz CT molecular complexity index is 355. The fourth-order valence-electron chi connectivity index (χ4n) is 1.56. The maximum Gasteiger partial charge on any atom is 0.453 e. The molecule has 0 fully saturated rings. The minimum Gasteiger partial charge on any atom is -0.480 e. The van der Waals surface area contributed by atoms with E-state index >= 15 is 0 Å². The van der Waals surface area contributed by atoms with E-state index in [2.05, 4.69) is 15.9 Å². The number of hydrogen-bond acceptors (Lipinski definition) is 2. The molecule has 0 spiro atoms. The predicted octanol–water partition coefficient (Wildman–Crippen LogP) is 3.29. The molecule has 0 aromatic rings. The lowest BCUT2D eigenvalue weighted by Crippen LogP contribution is -2.41. The van der Waals surface area contributed by atoms with Crippen LogP contribution in [-0.4, -0.2) is 39.6 Å². The summed E-state index contributed by atoms with van der Waals surface area (Å²) in [5, 5.41) is 17.8. The topological polar surface area (TPSA) is 74.6 Å². The van der Waals surface area contributed by atoms with Crippen LogP contribution in [0.4, 0.5) is 22.0 Å². The van der Waals surface area contributed by atoms with Gasteiger partial charge in [-0.25, -0.2) is 0 Å². The normalized spacial score (nSPS) is 13.3. The molecule has 118 valence electrons. The molecule has 4 nitrogen and oxygen atoms in total. The van der Waals surface area contributed by atoms with Gasteiger partial charge in [-0.2, -0.15) is 22.0 Å². The van der Waals surface area contributed by atoms with E-state index in [0.29, 0.717) is 0 Å². The molecule has 20 heavy (non-hydrogen) atoms. The third-order valence-corrected chi connectivity index (χ3v) is 3.25. The zero-order chi connectivity index (χ0) is 16.2. The summed E-state index contributed by atoms with van der Waals surface area (Å²) in [6.45, 7) is 0. The Morgan fingerprint density at radius 1 is 0.900 bits per heavy atom. The number of aliphatic carboxylic acids is 2. The highest BCUT2D eigenvalue weighted by molar-refractivity contribution is 9.09. The van der Waals surface area contributed by atoms with E-state index in [4.69, 9.17) is 10.2 Å². The van der Waals surface area contributed by atoms with Gasteiger partial charge in [-0.1, -0.05) is 15.9 Å². The van der Waals surface area contributed by atoms with Gasteiger partial charge >= 0.3 is 24.0 Å². The summed E-state index contributed by atoms with van der Waals surface area (Å²) < 4.78 is 61.1. The van der Waals surface area contributed by atoms with Gasteiger partial charge in [0, 0.05) is 11.8 Å². The van der Waals surface area contributed by atoms with Gasteiger partial charge in [-0.3, -0.25) is 9.59 Å². The third-order valence-electron chi connectivity index (χ3n) is 2.85. The fraction of sp³-hybridized carbons (Fsp3) is 0.800. The number of hydrogen-bond donors (Lipinski definition) is 2. The third kappa shape index (κ3) is 4.29. The van der Waals surface area contributed by atoms with Crippen molar-refractivity contribution >= 4 is 27.9 Å². The summed E-state index contributed by atoms with van der Waals surface area (Å²) in [4.78, 5) is 22.0. The van der Waals surface area contributed by atoms with Crippen LogP contribution < -0.4 is 0 Å². The van der Waals surface area contributed by atoms with Crippen LogP contribution in [-0.2, 0) is 9.59 Å². The Labute approximate surface area is 119 Å². The fourth-order valence-corrected chi connectivity index (χ4v) is 2.24. The highest BCUT2D eigenvalue weighted by Gasteiger charge is 2.57. The van der Waals surface area contributed by atoms with E-state index in [1.165, 1.54) is 0 Å². The maximum atomic E-state index is 12.7. The summed E-state index contributed by atoms with van der Waals surface area (Å²) in [5.74, 6) is -8.50. The Morgan fingerprint density at radius 2 is 1.35 bits per heavy atom. The van der Waals surface area contributed by atoms with Crippen molar-refractivity contribution in [2.45, 2.75) is 37.8 Å². The lowest BCUT2D eigenvalue weighted by atomic mass is 9.80. The highest BCUT2D eigenvalue weighted by atomic mass is 79.9. The molecule has 2 N–H and O–H groups in total. The second kappa shape index (κ2) is 6.68. The molecule has 0 aliphatic carbocycles. The minimum absolute atomic E-state index is 0.0404. The SMILES string of the molecule is O=C(O)C(CCBr)(CCCC(F)(F)C(F)(F)F)C(=O)O. The van der Waals surface area contributed by atoms with Gasteiger partial charge in [-0.05, 0) is 19.3 Å². The molecule has 0 heterocycles. The molecule has 0 bridgehead atoms. The van der Waals surface area contributed by atoms with Gasteiger partial charge in [0.05, 0.1) is 0 Å². The van der Waals surface area contributed by atoms with Gasteiger partial charge in [-0.15, -0.1) is 0 Å². The van der Waals surface area contributed by atoms with Gasteiger partial charge < -0.3 is 10.2 Å². The first-order chi connectivity index (χ1) is 8.90. The first-order valence-electron chi connectivity index (χ1n) is 5.38. The standard InChI is InChI=1S/C10H12BrF5O4/c11-5-4-8(6(17)18,7(19)20)2-1-3-9(12,13)10(14,15)16/h1-5H2,(H,17,18)(H,19,20). The molecule has 0 aromatic carbocycles. The van der Waals surface area contributed by atoms with Gasteiger partial charge in [0.25, 0.3) is 0 Å². The number of halogens is 6. The second-order valence-electron chi connectivity index (χ2n) is 4.19. The highest BCUT2D eigenvalue weighted by Crippen LogP contribution is 2.41. The molecule has 0 atom stereocenters. The molecular formula is C10H12BrF5O4. The Balaban J connectivity index is 4.89. The van der Waals surface area contributed by atoms with Crippen molar-refractivity contribution < 1.29 is 41.8 Å². The van der Waals surface area contributed by atoms with E-state index in [1.54, 1.807) is 0 Å². The Morgan fingerprint density at radius 3 is 1.65 bits per heavy atom. The van der Waals surface area contributed by atoms with Gasteiger partial charge in [0.15, 0.2) is 5.41 Å². The quantitative estimate of drug-likeness (QED) is 0.390. The van der Waals surface area contributed by atoms with E-state index in [-0.39, 0.29) is 5.33 Å². The van der Waals surface area contributed by atoms with Crippen LogP contribution in [0, 0.1) is 5.41 Å². The first-order valence-corrected chi connectivity index (χ1v) is 6.50. The zero-order valence-electron chi connectivity index (χ0n) is 10.0. The number of alkyl halides is 6. The molecule has 0 unspecified atom stereocenters. The lowest BCUT2D eigenvalue weighted by Gasteiger charge is -2.25. The zero-order valence-corrected chi connectivity index (χ0v) is 11.6. The van der Waals surface area contributed by atoms with Crippen molar-refractivity contribution in [1.29, 1.82) is 0 Å². The molecular weight excluding hydrogens is 359 g/mol. The van der Waals surface area contributed by atoms with E-state index in [0.717, 1.165) is 0 Å². The van der Waals surface area contributed by atoms with Crippen LogP contribution >= 0.6 is 15.9 Å². The average Bonchev–Trinajstić information content (AvgIpc) is 2.25. The van der Waals surface area contributed by atoms with Crippen LogP contribution in [0.5, 0.6) is 0 Å². The smallest absolute Gasteiger partial charge is 0.453 e. The van der Waals surface area contributed by atoms with Crippen LogP contribution in [0.15, 0.2) is 0 Å². The number of carboxylic acids is 2. The van der Waals surface area contributed by atoms with E-state index in [1.807, 2.05) is 0 Å². The molecule has 0 aromatic heterocycles. The largest absolute Gasteiger partial charge is 0.480 e. The van der Waals surface area contributed by atoms with E-state index in [9.17, 15) is 31.5 Å². The van der Waals surface area contributed by atoms with Gasteiger partial charge in [0.2, 0.25) is 0 Å². The van der Waals surface area contributed by atoms with Gasteiger partial charge in [0.1, 0.15) is 0 Å². The molecule has 0 saturated carbocycles. The monoisotopic (exact) mass is 370 g/mol. The summed E-state index contributed by atoms with van der Waals surface area (Å²) in [6, 6.07) is 0. The molecule has 0 saturated heterocycles. The van der Waals surface area contributed by atoms with Crippen molar-refractivity contribution in [3.8, 4) is 0 Å². The second-order valence-corrected chi connectivity index (χ2v) is 4.98. The molecule has 0 radical (unpaired) electrons. The first kappa shape index (κ1) is 19.1. The maximum absolute atomic E-state index is 12.7.